The fraction of sp³-hybridized carbons (Fsp3) is 0.357. The summed E-state index contributed by atoms with van der Waals surface area (Å²) in [6, 6.07) is 9.30. The summed E-state index contributed by atoms with van der Waals surface area (Å²) in [5.74, 6) is 0.0135. The van der Waals surface area contributed by atoms with Gasteiger partial charge in [0.1, 0.15) is 0 Å². The molecule has 1 aromatic heterocycles. The lowest BCUT2D eigenvalue weighted by Crippen LogP contribution is -2.13. The van der Waals surface area contributed by atoms with E-state index < -0.39 is 15.1 Å². The summed E-state index contributed by atoms with van der Waals surface area (Å²) >= 11 is 1.52. The zero-order valence-electron chi connectivity index (χ0n) is 11.0. The SMILES string of the molecule is CCc1nc(CS(=O)(=O)C(C)c2ccccc2)cs1. The molecular weight excluding hydrogens is 278 g/mol. The predicted molar refractivity (Wildman–Crippen MR) is 79.0 cm³/mol. The van der Waals surface area contributed by atoms with Crippen molar-refractivity contribution in [3.05, 3.63) is 52.0 Å². The van der Waals surface area contributed by atoms with Gasteiger partial charge >= 0.3 is 0 Å². The van der Waals surface area contributed by atoms with Crippen LogP contribution < -0.4 is 0 Å². The lowest BCUT2D eigenvalue weighted by molar-refractivity contribution is 0.584. The van der Waals surface area contributed by atoms with E-state index in [0.717, 1.165) is 17.0 Å². The molecule has 102 valence electrons. The van der Waals surface area contributed by atoms with Crippen LogP contribution in [0.25, 0.3) is 0 Å². The van der Waals surface area contributed by atoms with Crippen LogP contribution in [0.1, 0.15) is 35.4 Å². The molecule has 0 aliphatic heterocycles. The van der Waals surface area contributed by atoms with Gasteiger partial charge in [0.05, 0.1) is 21.7 Å². The van der Waals surface area contributed by atoms with Gasteiger partial charge in [-0.15, -0.1) is 11.3 Å². The Labute approximate surface area is 118 Å². The number of hydrogen-bond acceptors (Lipinski definition) is 4. The Balaban J connectivity index is 2.18. The fourth-order valence-corrected chi connectivity index (χ4v) is 4.07. The monoisotopic (exact) mass is 295 g/mol. The Morgan fingerprint density at radius 2 is 1.95 bits per heavy atom. The van der Waals surface area contributed by atoms with Gasteiger partial charge in [-0.1, -0.05) is 37.3 Å². The summed E-state index contributed by atoms with van der Waals surface area (Å²) < 4.78 is 24.7. The van der Waals surface area contributed by atoms with Crippen LogP contribution in [0, 0.1) is 0 Å². The maximum atomic E-state index is 12.4. The summed E-state index contributed by atoms with van der Waals surface area (Å²) in [5, 5.41) is 2.33. The molecule has 2 aromatic rings. The van der Waals surface area contributed by atoms with Crippen molar-refractivity contribution in [2.75, 3.05) is 0 Å². The predicted octanol–water partition coefficient (Wildman–Crippen LogP) is 3.38. The van der Waals surface area contributed by atoms with Gasteiger partial charge in [0.25, 0.3) is 0 Å². The quantitative estimate of drug-likeness (QED) is 0.849. The molecule has 0 saturated carbocycles. The smallest absolute Gasteiger partial charge is 0.162 e. The Hall–Kier alpha value is -1.20. The minimum absolute atomic E-state index is 0.0135. The molecule has 0 aliphatic carbocycles. The maximum Gasteiger partial charge on any atom is 0.162 e. The van der Waals surface area contributed by atoms with E-state index in [2.05, 4.69) is 4.98 Å². The normalized spacial score (nSPS) is 13.4. The summed E-state index contributed by atoms with van der Waals surface area (Å²) in [6.45, 7) is 3.75. The summed E-state index contributed by atoms with van der Waals surface area (Å²) in [6.07, 6.45) is 0.846. The maximum absolute atomic E-state index is 12.4. The largest absolute Gasteiger partial charge is 0.245 e. The first-order chi connectivity index (χ1) is 9.03. The van der Waals surface area contributed by atoms with Crippen LogP contribution in [-0.4, -0.2) is 13.4 Å². The second-order valence-corrected chi connectivity index (χ2v) is 7.71. The summed E-state index contributed by atoms with van der Waals surface area (Å²) in [5.41, 5.74) is 1.48. The van der Waals surface area contributed by atoms with Gasteiger partial charge in [-0.3, -0.25) is 0 Å². The van der Waals surface area contributed by atoms with Crippen molar-refractivity contribution in [3.8, 4) is 0 Å². The van der Waals surface area contributed by atoms with Crippen LogP contribution in [-0.2, 0) is 22.0 Å². The first kappa shape index (κ1) is 14.2. The van der Waals surface area contributed by atoms with Crippen LogP contribution in [0.5, 0.6) is 0 Å². The molecule has 3 nitrogen and oxygen atoms in total. The molecule has 0 amide bonds. The minimum Gasteiger partial charge on any atom is -0.245 e. The number of aryl methyl sites for hydroxylation is 1. The van der Waals surface area contributed by atoms with Gasteiger partial charge in [-0.25, -0.2) is 13.4 Å². The first-order valence-electron chi connectivity index (χ1n) is 6.22. The third-order valence-corrected chi connectivity index (χ3v) is 6.15. The number of sulfone groups is 1. The number of hydrogen-bond donors (Lipinski definition) is 0. The van der Waals surface area contributed by atoms with E-state index in [4.69, 9.17) is 0 Å². The molecule has 0 saturated heterocycles. The summed E-state index contributed by atoms with van der Waals surface area (Å²) in [7, 11) is -3.22. The van der Waals surface area contributed by atoms with Crippen LogP contribution in [0.15, 0.2) is 35.7 Å². The highest BCUT2D eigenvalue weighted by atomic mass is 32.2. The van der Waals surface area contributed by atoms with Crippen molar-refractivity contribution in [2.45, 2.75) is 31.3 Å². The molecule has 0 N–H and O–H groups in total. The molecule has 1 atom stereocenters. The van der Waals surface area contributed by atoms with E-state index >= 15 is 0 Å². The molecular formula is C14H17NO2S2. The van der Waals surface area contributed by atoms with E-state index in [1.165, 1.54) is 11.3 Å². The number of aromatic nitrogens is 1. The molecule has 5 heteroatoms. The van der Waals surface area contributed by atoms with Crippen LogP contribution in [0.3, 0.4) is 0 Å². The Morgan fingerprint density at radius 3 is 2.53 bits per heavy atom. The molecule has 1 heterocycles. The second kappa shape index (κ2) is 5.84. The van der Waals surface area contributed by atoms with E-state index in [1.54, 1.807) is 6.92 Å². The van der Waals surface area contributed by atoms with Crippen LogP contribution in [0.4, 0.5) is 0 Å². The van der Waals surface area contributed by atoms with Crippen molar-refractivity contribution in [1.29, 1.82) is 0 Å². The highest BCUT2D eigenvalue weighted by Gasteiger charge is 2.23. The Bertz CT molecular complexity index is 632. The van der Waals surface area contributed by atoms with Gasteiger partial charge < -0.3 is 0 Å². The highest BCUT2D eigenvalue weighted by Crippen LogP contribution is 2.25. The van der Waals surface area contributed by atoms with Crippen LogP contribution in [0.2, 0.25) is 0 Å². The molecule has 0 radical (unpaired) electrons. The van der Waals surface area contributed by atoms with Gasteiger partial charge in [-0.2, -0.15) is 0 Å². The molecule has 0 fully saturated rings. The topological polar surface area (TPSA) is 47.0 Å². The third-order valence-electron chi connectivity index (χ3n) is 3.06. The number of thiazole rings is 1. The van der Waals surface area contributed by atoms with Crippen molar-refractivity contribution in [2.24, 2.45) is 0 Å². The average Bonchev–Trinajstić information content (AvgIpc) is 2.85. The van der Waals surface area contributed by atoms with E-state index in [-0.39, 0.29) is 5.75 Å². The zero-order valence-corrected chi connectivity index (χ0v) is 12.7. The molecule has 1 aromatic carbocycles. The molecule has 1 unspecified atom stereocenters. The number of nitrogens with zero attached hydrogens (tertiary/aromatic N) is 1. The average molecular weight is 295 g/mol. The van der Waals surface area contributed by atoms with Crippen LogP contribution >= 0.6 is 11.3 Å². The Kier molecular flexibility index (Phi) is 4.37. The zero-order chi connectivity index (χ0) is 13.9. The molecule has 0 aliphatic rings. The van der Waals surface area contributed by atoms with Crippen molar-refractivity contribution in [3.63, 3.8) is 0 Å². The van der Waals surface area contributed by atoms with Gasteiger partial charge in [0.15, 0.2) is 9.84 Å². The van der Waals surface area contributed by atoms with Gasteiger partial charge in [0.2, 0.25) is 0 Å². The third kappa shape index (κ3) is 3.42. The van der Waals surface area contributed by atoms with Crippen molar-refractivity contribution >= 4 is 21.2 Å². The lowest BCUT2D eigenvalue weighted by Gasteiger charge is -2.12. The second-order valence-electron chi connectivity index (χ2n) is 4.45. The molecule has 0 spiro atoms. The highest BCUT2D eigenvalue weighted by molar-refractivity contribution is 7.90. The minimum atomic E-state index is -3.22. The Morgan fingerprint density at radius 1 is 1.26 bits per heavy atom. The molecule has 2 rings (SSSR count). The van der Waals surface area contributed by atoms with Crippen molar-refractivity contribution < 1.29 is 8.42 Å². The van der Waals surface area contributed by atoms with E-state index in [9.17, 15) is 8.42 Å². The van der Waals surface area contributed by atoms with E-state index in [1.807, 2.05) is 42.6 Å². The van der Waals surface area contributed by atoms with E-state index in [0.29, 0.717) is 5.69 Å². The first-order valence-corrected chi connectivity index (χ1v) is 8.82. The lowest BCUT2D eigenvalue weighted by atomic mass is 10.2. The fourth-order valence-electron chi connectivity index (χ4n) is 1.84. The summed E-state index contributed by atoms with van der Waals surface area (Å²) in [4.78, 5) is 4.33. The number of benzene rings is 1. The van der Waals surface area contributed by atoms with Gasteiger partial charge in [-0.05, 0) is 18.9 Å². The molecule has 0 bridgehead atoms. The van der Waals surface area contributed by atoms with Crippen molar-refractivity contribution in [1.82, 2.24) is 4.98 Å². The number of rotatable bonds is 5. The molecule has 19 heavy (non-hydrogen) atoms. The standard InChI is InChI=1S/C14H17NO2S2/c1-3-14-15-13(9-18-14)10-19(16,17)11(2)12-7-5-4-6-8-12/h4-9,11H,3,10H2,1-2H3. The van der Waals surface area contributed by atoms with Gasteiger partial charge in [0, 0.05) is 5.38 Å².